The van der Waals surface area contributed by atoms with Crippen molar-refractivity contribution in [3.63, 3.8) is 0 Å². The Hall–Kier alpha value is -1.29. The Morgan fingerprint density at radius 1 is 1.38 bits per heavy atom. The molecule has 0 radical (unpaired) electrons. The lowest BCUT2D eigenvalue weighted by atomic mass is 10.2. The molecule has 4 nitrogen and oxygen atoms in total. The standard InChI is InChI=1S/C12H19N3O/c1-2-5-14-10-6-11(8-13-7-10)15-12(9-16)3-4-12/h6-8,14-16H,2-5,9H2,1H3. The van der Waals surface area contributed by atoms with Crippen LogP contribution in [-0.4, -0.2) is 28.8 Å². The van der Waals surface area contributed by atoms with E-state index in [0.29, 0.717) is 0 Å². The number of nitrogens with one attached hydrogen (secondary N) is 2. The minimum atomic E-state index is -0.0783. The lowest BCUT2D eigenvalue weighted by Gasteiger charge is -2.16. The number of rotatable bonds is 6. The maximum atomic E-state index is 9.23. The molecule has 4 heteroatoms. The molecule has 0 aromatic carbocycles. The molecule has 1 aliphatic rings. The van der Waals surface area contributed by atoms with Crippen LogP contribution >= 0.6 is 0 Å². The van der Waals surface area contributed by atoms with Gasteiger partial charge in [0.1, 0.15) is 0 Å². The number of nitrogens with zero attached hydrogens (tertiary/aromatic N) is 1. The normalized spacial score (nSPS) is 16.9. The lowest BCUT2D eigenvalue weighted by molar-refractivity contribution is 0.266. The van der Waals surface area contributed by atoms with Gasteiger partial charge in [0.15, 0.2) is 0 Å². The van der Waals surface area contributed by atoms with Crippen molar-refractivity contribution >= 4 is 11.4 Å². The van der Waals surface area contributed by atoms with Gasteiger partial charge < -0.3 is 15.7 Å². The fraction of sp³-hybridized carbons (Fsp3) is 0.583. The molecular formula is C12H19N3O. The Morgan fingerprint density at radius 3 is 2.75 bits per heavy atom. The summed E-state index contributed by atoms with van der Waals surface area (Å²) in [6.45, 7) is 3.28. The van der Waals surface area contributed by atoms with Crippen LogP contribution in [0.25, 0.3) is 0 Å². The van der Waals surface area contributed by atoms with E-state index in [9.17, 15) is 5.11 Å². The van der Waals surface area contributed by atoms with Crippen molar-refractivity contribution in [2.45, 2.75) is 31.7 Å². The smallest absolute Gasteiger partial charge is 0.0661 e. The van der Waals surface area contributed by atoms with Crippen molar-refractivity contribution in [3.05, 3.63) is 18.5 Å². The van der Waals surface area contributed by atoms with E-state index in [4.69, 9.17) is 0 Å². The number of aliphatic hydroxyl groups is 1. The third-order valence-corrected chi connectivity index (χ3v) is 2.88. The number of aliphatic hydroxyl groups excluding tert-OH is 1. The third kappa shape index (κ3) is 2.64. The summed E-state index contributed by atoms with van der Waals surface area (Å²) in [5.41, 5.74) is 1.93. The highest BCUT2D eigenvalue weighted by atomic mass is 16.3. The maximum Gasteiger partial charge on any atom is 0.0661 e. The van der Waals surface area contributed by atoms with Crippen molar-refractivity contribution in [2.24, 2.45) is 0 Å². The summed E-state index contributed by atoms with van der Waals surface area (Å²) < 4.78 is 0. The molecule has 0 unspecified atom stereocenters. The van der Waals surface area contributed by atoms with Crippen molar-refractivity contribution in [3.8, 4) is 0 Å². The van der Waals surface area contributed by atoms with Gasteiger partial charge in [0.05, 0.1) is 35.9 Å². The minimum absolute atomic E-state index is 0.0783. The van der Waals surface area contributed by atoms with Gasteiger partial charge in [-0.2, -0.15) is 0 Å². The van der Waals surface area contributed by atoms with E-state index in [1.165, 1.54) is 0 Å². The Kier molecular flexibility index (Phi) is 3.29. The molecule has 1 fully saturated rings. The summed E-state index contributed by atoms with van der Waals surface area (Å²) in [5, 5.41) is 15.9. The number of hydrogen-bond acceptors (Lipinski definition) is 4. The molecule has 1 heterocycles. The summed E-state index contributed by atoms with van der Waals surface area (Å²) in [5.74, 6) is 0. The second-order valence-corrected chi connectivity index (χ2v) is 4.45. The quantitative estimate of drug-likeness (QED) is 0.686. The highest BCUT2D eigenvalue weighted by molar-refractivity contribution is 5.56. The Morgan fingerprint density at radius 2 is 2.12 bits per heavy atom. The number of anilines is 2. The molecule has 16 heavy (non-hydrogen) atoms. The molecule has 0 spiro atoms. The molecule has 0 aliphatic heterocycles. The Labute approximate surface area is 96.1 Å². The Bertz CT molecular complexity index is 350. The van der Waals surface area contributed by atoms with E-state index < -0.39 is 0 Å². The van der Waals surface area contributed by atoms with E-state index in [1.807, 2.05) is 12.3 Å². The largest absolute Gasteiger partial charge is 0.394 e. The van der Waals surface area contributed by atoms with E-state index in [0.717, 1.165) is 37.2 Å². The van der Waals surface area contributed by atoms with Gasteiger partial charge in [-0.1, -0.05) is 6.92 Å². The SMILES string of the molecule is CCCNc1cncc(NC2(CO)CC2)c1. The van der Waals surface area contributed by atoms with Crippen LogP contribution in [0, 0.1) is 0 Å². The summed E-state index contributed by atoms with van der Waals surface area (Å²) in [7, 11) is 0. The maximum absolute atomic E-state index is 9.23. The zero-order chi connectivity index (χ0) is 11.4. The summed E-state index contributed by atoms with van der Waals surface area (Å²) in [6.07, 6.45) is 6.79. The van der Waals surface area contributed by atoms with E-state index >= 15 is 0 Å². The Balaban J connectivity index is 1.99. The fourth-order valence-corrected chi connectivity index (χ4v) is 1.65. The first-order valence-electron chi connectivity index (χ1n) is 5.86. The predicted octanol–water partition coefficient (Wildman–Crippen LogP) is 1.84. The molecule has 2 rings (SSSR count). The first kappa shape index (κ1) is 11.2. The highest BCUT2D eigenvalue weighted by Gasteiger charge is 2.41. The van der Waals surface area contributed by atoms with Gasteiger partial charge in [-0.25, -0.2) is 0 Å². The molecule has 1 aliphatic carbocycles. The zero-order valence-corrected chi connectivity index (χ0v) is 9.66. The van der Waals surface area contributed by atoms with Crippen LogP contribution in [0.3, 0.4) is 0 Å². The van der Waals surface area contributed by atoms with Crippen LogP contribution in [0.5, 0.6) is 0 Å². The monoisotopic (exact) mass is 221 g/mol. The van der Waals surface area contributed by atoms with E-state index in [2.05, 4.69) is 22.5 Å². The second kappa shape index (κ2) is 4.70. The van der Waals surface area contributed by atoms with E-state index in [-0.39, 0.29) is 12.1 Å². The highest BCUT2D eigenvalue weighted by Crippen LogP contribution is 2.38. The number of pyridine rings is 1. The summed E-state index contributed by atoms with van der Waals surface area (Å²) in [4.78, 5) is 4.18. The van der Waals surface area contributed by atoms with Crippen LogP contribution in [0.15, 0.2) is 18.5 Å². The van der Waals surface area contributed by atoms with Gasteiger partial charge >= 0.3 is 0 Å². The van der Waals surface area contributed by atoms with Crippen molar-refractivity contribution < 1.29 is 5.11 Å². The summed E-state index contributed by atoms with van der Waals surface area (Å²) >= 11 is 0. The second-order valence-electron chi connectivity index (χ2n) is 4.45. The van der Waals surface area contributed by atoms with Gasteiger partial charge in [0.2, 0.25) is 0 Å². The first-order valence-corrected chi connectivity index (χ1v) is 5.86. The van der Waals surface area contributed by atoms with E-state index in [1.54, 1.807) is 6.20 Å². The summed E-state index contributed by atoms with van der Waals surface area (Å²) in [6, 6.07) is 2.04. The van der Waals surface area contributed by atoms with Crippen LogP contribution in [-0.2, 0) is 0 Å². The topological polar surface area (TPSA) is 57.2 Å². The molecule has 1 aromatic rings. The zero-order valence-electron chi connectivity index (χ0n) is 9.66. The molecule has 88 valence electrons. The van der Waals surface area contributed by atoms with Gasteiger partial charge in [0, 0.05) is 6.54 Å². The van der Waals surface area contributed by atoms with Gasteiger partial charge in [-0.3, -0.25) is 4.98 Å². The molecular weight excluding hydrogens is 202 g/mol. The number of hydrogen-bond donors (Lipinski definition) is 3. The molecule has 1 saturated carbocycles. The lowest BCUT2D eigenvalue weighted by Crippen LogP contribution is -2.25. The van der Waals surface area contributed by atoms with Crippen molar-refractivity contribution in [1.29, 1.82) is 0 Å². The average molecular weight is 221 g/mol. The van der Waals surface area contributed by atoms with Gasteiger partial charge in [-0.15, -0.1) is 0 Å². The fourth-order valence-electron chi connectivity index (χ4n) is 1.65. The molecule has 0 saturated heterocycles. The predicted molar refractivity (Wildman–Crippen MR) is 65.7 cm³/mol. The van der Waals surface area contributed by atoms with Crippen molar-refractivity contribution in [2.75, 3.05) is 23.8 Å². The molecule has 0 bridgehead atoms. The van der Waals surface area contributed by atoms with Gasteiger partial charge in [0.25, 0.3) is 0 Å². The minimum Gasteiger partial charge on any atom is -0.394 e. The number of aromatic nitrogens is 1. The van der Waals surface area contributed by atoms with Gasteiger partial charge in [-0.05, 0) is 25.3 Å². The average Bonchev–Trinajstić information content (AvgIpc) is 3.07. The van der Waals surface area contributed by atoms with Crippen LogP contribution in [0.1, 0.15) is 26.2 Å². The van der Waals surface area contributed by atoms with Crippen LogP contribution < -0.4 is 10.6 Å². The van der Waals surface area contributed by atoms with Crippen LogP contribution in [0.2, 0.25) is 0 Å². The van der Waals surface area contributed by atoms with Crippen molar-refractivity contribution in [1.82, 2.24) is 4.98 Å². The van der Waals surface area contributed by atoms with Crippen LogP contribution in [0.4, 0.5) is 11.4 Å². The first-order chi connectivity index (χ1) is 7.78. The molecule has 0 atom stereocenters. The molecule has 3 N–H and O–H groups in total. The molecule has 1 aromatic heterocycles. The third-order valence-electron chi connectivity index (χ3n) is 2.88. The molecule has 0 amide bonds.